The van der Waals surface area contributed by atoms with E-state index in [0.29, 0.717) is 5.92 Å². The molecule has 2 aromatic carbocycles. The Morgan fingerprint density at radius 2 is 1.74 bits per heavy atom. The maximum atomic E-state index is 12.6. The summed E-state index contributed by atoms with van der Waals surface area (Å²) in [7, 11) is 0. The van der Waals surface area contributed by atoms with Crippen LogP contribution >= 0.6 is 0 Å². The van der Waals surface area contributed by atoms with Gasteiger partial charge in [-0.2, -0.15) is 0 Å². The Kier molecular flexibility index (Phi) is 7.63. The van der Waals surface area contributed by atoms with Crippen LogP contribution < -0.4 is 10.6 Å². The highest BCUT2D eigenvalue weighted by Crippen LogP contribution is 2.28. The molecule has 1 aliphatic carbocycles. The van der Waals surface area contributed by atoms with Crippen molar-refractivity contribution in [1.82, 2.24) is 10.2 Å². The second-order valence-electron chi connectivity index (χ2n) is 9.55. The first-order valence-electron chi connectivity index (χ1n) is 12.1. The first-order valence-corrected chi connectivity index (χ1v) is 12.1. The molecule has 2 amide bonds. The molecule has 0 unspecified atom stereocenters. The van der Waals surface area contributed by atoms with Gasteiger partial charge in [-0.15, -0.1) is 0 Å². The Morgan fingerprint density at radius 1 is 0.968 bits per heavy atom. The second kappa shape index (κ2) is 10.8. The van der Waals surface area contributed by atoms with E-state index in [-0.39, 0.29) is 12.1 Å². The van der Waals surface area contributed by atoms with Crippen molar-refractivity contribution in [1.29, 1.82) is 0 Å². The number of aryl methyl sites for hydroxylation is 1. The summed E-state index contributed by atoms with van der Waals surface area (Å²) in [5, 5.41) is 6.31. The third kappa shape index (κ3) is 6.57. The Labute approximate surface area is 187 Å². The van der Waals surface area contributed by atoms with Gasteiger partial charge in [-0.25, -0.2) is 4.79 Å². The molecule has 31 heavy (non-hydrogen) atoms. The van der Waals surface area contributed by atoms with Crippen molar-refractivity contribution < 1.29 is 4.79 Å². The van der Waals surface area contributed by atoms with Gasteiger partial charge in [-0.1, -0.05) is 55.3 Å². The summed E-state index contributed by atoms with van der Waals surface area (Å²) in [5.74, 6) is 1.36. The smallest absolute Gasteiger partial charge is 0.319 e. The zero-order valence-electron chi connectivity index (χ0n) is 18.9. The molecule has 1 heterocycles. The number of likely N-dealkylation sites (tertiary alicyclic amines) is 1. The van der Waals surface area contributed by atoms with Gasteiger partial charge >= 0.3 is 6.03 Å². The minimum absolute atomic E-state index is 0.0657. The van der Waals surface area contributed by atoms with Crippen molar-refractivity contribution >= 4 is 11.7 Å². The van der Waals surface area contributed by atoms with E-state index in [9.17, 15) is 4.79 Å². The quantitative estimate of drug-likeness (QED) is 0.637. The first kappa shape index (κ1) is 21.9. The summed E-state index contributed by atoms with van der Waals surface area (Å²) < 4.78 is 0. The minimum atomic E-state index is -0.0657. The fourth-order valence-electron chi connectivity index (χ4n) is 5.33. The van der Waals surface area contributed by atoms with Gasteiger partial charge in [0.2, 0.25) is 0 Å². The number of urea groups is 1. The third-order valence-electron chi connectivity index (χ3n) is 7.07. The number of carbonyl (C=O) groups excluding carboxylic acids is 1. The van der Waals surface area contributed by atoms with E-state index in [4.69, 9.17) is 0 Å². The number of piperidine rings is 1. The van der Waals surface area contributed by atoms with Crippen LogP contribution in [0.1, 0.15) is 49.7 Å². The maximum absolute atomic E-state index is 12.6. The number of rotatable bonds is 6. The van der Waals surface area contributed by atoms with Crippen LogP contribution in [0.5, 0.6) is 0 Å². The van der Waals surface area contributed by atoms with E-state index in [2.05, 4.69) is 45.9 Å². The second-order valence-corrected chi connectivity index (χ2v) is 9.55. The lowest BCUT2D eigenvalue weighted by Crippen LogP contribution is -2.48. The number of benzene rings is 2. The summed E-state index contributed by atoms with van der Waals surface area (Å²) in [6.07, 6.45) is 8.59. The Morgan fingerprint density at radius 3 is 2.52 bits per heavy atom. The highest BCUT2D eigenvalue weighted by molar-refractivity contribution is 5.89. The number of carbonyl (C=O) groups is 1. The largest absolute Gasteiger partial charge is 0.335 e. The normalized spacial score (nSPS) is 22.7. The predicted octanol–water partition coefficient (Wildman–Crippen LogP) is 5.63. The fraction of sp³-hybridized carbons (Fsp3) is 0.519. The van der Waals surface area contributed by atoms with Gasteiger partial charge in [-0.05, 0) is 87.2 Å². The van der Waals surface area contributed by atoms with Crippen molar-refractivity contribution in [2.24, 2.45) is 11.8 Å². The molecule has 1 saturated heterocycles. The van der Waals surface area contributed by atoms with E-state index in [0.717, 1.165) is 30.1 Å². The standard InChI is InChI=1S/C27H37N3O/c1-21-8-7-12-25(18-21)28-27(31)29-26-13-6-5-11-24(26)20-30-16-14-23(15-17-30)19-22-9-3-2-4-10-22/h2-4,7-10,12,18,23-24,26H,5-6,11,13-17,19-20H2,1H3,(H2,28,29,31)/t24-,26+/m0/s1. The van der Waals surface area contributed by atoms with E-state index in [1.807, 2.05) is 31.2 Å². The molecular weight excluding hydrogens is 382 g/mol. The van der Waals surface area contributed by atoms with E-state index in [1.54, 1.807) is 0 Å². The first-order chi connectivity index (χ1) is 15.2. The Hall–Kier alpha value is -2.33. The topological polar surface area (TPSA) is 44.4 Å². The molecule has 4 nitrogen and oxygen atoms in total. The molecule has 4 rings (SSSR count). The molecule has 2 fully saturated rings. The minimum Gasteiger partial charge on any atom is -0.335 e. The number of nitrogens with zero attached hydrogens (tertiary/aromatic N) is 1. The van der Waals surface area contributed by atoms with Crippen molar-refractivity contribution in [2.75, 3.05) is 25.0 Å². The van der Waals surface area contributed by atoms with Gasteiger partial charge < -0.3 is 15.5 Å². The number of hydrogen-bond donors (Lipinski definition) is 2. The lowest BCUT2D eigenvalue weighted by atomic mass is 9.83. The molecule has 2 aliphatic rings. The van der Waals surface area contributed by atoms with E-state index >= 15 is 0 Å². The van der Waals surface area contributed by atoms with Crippen LogP contribution in [0.3, 0.4) is 0 Å². The molecule has 0 spiro atoms. The number of anilines is 1. The van der Waals surface area contributed by atoms with Crippen molar-refractivity contribution in [3.8, 4) is 0 Å². The van der Waals surface area contributed by atoms with Gasteiger partial charge in [0.1, 0.15) is 0 Å². The number of hydrogen-bond acceptors (Lipinski definition) is 2. The zero-order chi connectivity index (χ0) is 21.5. The zero-order valence-corrected chi connectivity index (χ0v) is 18.9. The molecule has 0 bridgehead atoms. The molecule has 4 heteroatoms. The van der Waals surface area contributed by atoms with Crippen molar-refractivity contribution in [3.63, 3.8) is 0 Å². The summed E-state index contributed by atoms with van der Waals surface area (Å²) in [4.78, 5) is 15.3. The molecule has 0 aromatic heterocycles. The van der Waals surface area contributed by atoms with Crippen LogP contribution in [0.2, 0.25) is 0 Å². The van der Waals surface area contributed by atoms with Crippen LogP contribution in [-0.2, 0) is 6.42 Å². The molecule has 2 N–H and O–H groups in total. The summed E-state index contributed by atoms with van der Waals surface area (Å²) >= 11 is 0. The van der Waals surface area contributed by atoms with Gasteiger partial charge in [0.05, 0.1) is 0 Å². The summed E-state index contributed by atoms with van der Waals surface area (Å²) in [6, 6.07) is 19.1. The molecular formula is C27H37N3O. The fourth-order valence-corrected chi connectivity index (χ4v) is 5.33. The highest BCUT2D eigenvalue weighted by atomic mass is 16.2. The Balaban J connectivity index is 1.25. The molecule has 1 saturated carbocycles. The van der Waals surface area contributed by atoms with Gasteiger partial charge in [-0.3, -0.25) is 0 Å². The average molecular weight is 420 g/mol. The predicted molar refractivity (Wildman–Crippen MR) is 128 cm³/mol. The molecule has 166 valence electrons. The van der Waals surface area contributed by atoms with Crippen LogP contribution in [0.25, 0.3) is 0 Å². The summed E-state index contributed by atoms with van der Waals surface area (Å²) in [5.41, 5.74) is 3.49. The van der Waals surface area contributed by atoms with Crippen molar-refractivity contribution in [3.05, 3.63) is 65.7 Å². The maximum Gasteiger partial charge on any atom is 0.319 e. The highest BCUT2D eigenvalue weighted by Gasteiger charge is 2.29. The number of nitrogens with one attached hydrogen (secondary N) is 2. The molecule has 0 radical (unpaired) electrons. The van der Waals surface area contributed by atoms with Crippen LogP contribution in [-0.4, -0.2) is 36.6 Å². The van der Waals surface area contributed by atoms with Gasteiger partial charge in [0.15, 0.2) is 0 Å². The SMILES string of the molecule is Cc1cccc(NC(=O)N[C@@H]2CCCC[C@H]2CN2CCC(Cc3ccccc3)CC2)c1. The monoisotopic (exact) mass is 419 g/mol. The summed E-state index contributed by atoms with van der Waals surface area (Å²) in [6.45, 7) is 5.54. The average Bonchev–Trinajstić information content (AvgIpc) is 2.77. The molecule has 2 atom stereocenters. The number of amides is 2. The molecule has 1 aliphatic heterocycles. The Bertz CT molecular complexity index is 829. The molecule has 2 aromatic rings. The van der Waals surface area contributed by atoms with E-state index < -0.39 is 0 Å². The van der Waals surface area contributed by atoms with Crippen LogP contribution in [0.15, 0.2) is 54.6 Å². The van der Waals surface area contributed by atoms with Crippen LogP contribution in [0, 0.1) is 18.8 Å². The third-order valence-corrected chi connectivity index (χ3v) is 7.07. The lowest BCUT2D eigenvalue weighted by molar-refractivity contribution is 0.130. The van der Waals surface area contributed by atoms with Gasteiger partial charge in [0, 0.05) is 18.3 Å². The lowest BCUT2D eigenvalue weighted by Gasteiger charge is -2.39. The van der Waals surface area contributed by atoms with Crippen LogP contribution in [0.4, 0.5) is 10.5 Å². The van der Waals surface area contributed by atoms with Crippen molar-refractivity contribution in [2.45, 2.75) is 57.9 Å². The van der Waals surface area contributed by atoms with Gasteiger partial charge in [0.25, 0.3) is 0 Å². The van der Waals surface area contributed by atoms with E-state index in [1.165, 1.54) is 57.2 Å².